The Hall–Kier alpha value is -2.51. The SMILES string of the molecule is CCOC(=O)c1c(C)oc2c(Cl)cc(NS(=O)(=O)c3cc(C)c(C)cc3C)cc12. The van der Waals surface area contributed by atoms with Crippen molar-refractivity contribution in [3.63, 3.8) is 0 Å². The van der Waals surface area contributed by atoms with Crippen LogP contribution in [0.25, 0.3) is 11.0 Å². The first kappa shape index (κ1) is 21.2. The Kier molecular flexibility index (Phi) is 5.65. The van der Waals surface area contributed by atoms with Crippen molar-refractivity contribution in [3.05, 3.63) is 57.3 Å². The average Bonchev–Trinajstić information content (AvgIpc) is 2.94. The largest absolute Gasteiger partial charge is 0.462 e. The van der Waals surface area contributed by atoms with Crippen molar-refractivity contribution in [1.82, 2.24) is 0 Å². The van der Waals surface area contributed by atoms with E-state index in [1.165, 1.54) is 12.1 Å². The van der Waals surface area contributed by atoms with E-state index in [1.807, 2.05) is 19.9 Å². The summed E-state index contributed by atoms with van der Waals surface area (Å²) in [6.45, 7) is 9.07. The molecule has 3 rings (SSSR count). The van der Waals surface area contributed by atoms with E-state index in [2.05, 4.69) is 4.72 Å². The fourth-order valence-electron chi connectivity index (χ4n) is 3.23. The van der Waals surface area contributed by atoms with E-state index in [0.29, 0.717) is 22.3 Å². The molecule has 0 radical (unpaired) electrons. The van der Waals surface area contributed by atoms with Crippen LogP contribution in [0.2, 0.25) is 5.02 Å². The zero-order chi connectivity index (χ0) is 21.5. The minimum Gasteiger partial charge on any atom is -0.462 e. The van der Waals surface area contributed by atoms with Gasteiger partial charge in [0.05, 0.1) is 22.2 Å². The summed E-state index contributed by atoms with van der Waals surface area (Å²) >= 11 is 6.30. The molecule has 0 fully saturated rings. The number of hydrogen-bond acceptors (Lipinski definition) is 5. The van der Waals surface area contributed by atoms with Crippen LogP contribution in [0, 0.1) is 27.7 Å². The summed E-state index contributed by atoms with van der Waals surface area (Å²) in [5.74, 6) is -0.199. The van der Waals surface area contributed by atoms with Crippen molar-refractivity contribution in [3.8, 4) is 0 Å². The van der Waals surface area contributed by atoms with Gasteiger partial charge in [-0.15, -0.1) is 0 Å². The first-order valence-corrected chi connectivity index (χ1v) is 10.9. The number of benzene rings is 2. The van der Waals surface area contributed by atoms with Crippen LogP contribution in [-0.2, 0) is 14.8 Å². The van der Waals surface area contributed by atoms with Crippen LogP contribution in [0.4, 0.5) is 5.69 Å². The van der Waals surface area contributed by atoms with Gasteiger partial charge in [-0.25, -0.2) is 13.2 Å². The number of fused-ring (bicyclic) bond motifs is 1. The second kappa shape index (κ2) is 7.72. The Morgan fingerprint density at radius 2 is 1.72 bits per heavy atom. The monoisotopic (exact) mass is 435 g/mol. The van der Waals surface area contributed by atoms with Gasteiger partial charge in [-0.2, -0.15) is 0 Å². The highest BCUT2D eigenvalue weighted by Gasteiger charge is 2.24. The lowest BCUT2D eigenvalue weighted by molar-refractivity contribution is 0.0526. The minimum absolute atomic E-state index is 0.186. The second-order valence-corrected chi connectivity index (χ2v) is 8.95. The standard InChI is InChI=1S/C21H22ClNO5S/c1-6-27-21(24)19-14(5)28-20-16(19)9-15(10-17(20)22)23-29(25,26)18-8-12(3)11(2)7-13(18)4/h7-10,23H,6H2,1-5H3. The van der Waals surface area contributed by atoms with Gasteiger partial charge in [0.15, 0.2) is 5.58 Å². The van der Waals surface area contributed by atoms with Crippen molar-refractivity contribution in [2.45, 2.75) is 39.5 Å². The molecule has 0 atom stereocenters. The van der Waals surface area contributed by atoms with E-state index < -0.39 is 16.0 Å². The van der Waals surface area contributed by atoms with Gasteiger partial charge >= 0.3 is 5.97 Å². The number of nitrogens with one attached hydrogen (secondary N) is 1. The topological polar surface area (TPSA) is 85.6 Å². The van der Waals surface area contributed by atoms with E-state index >= 15 is 0 Å². The van der Waals surface area contributed by atoms with Crippen molar-refractivity contribution >= 4 is 44.3 Å². The number of carbonyl (C=O) groups excluding carboxylic acids is 1. The smallest absolute Gasteiger partial charge is 0.342 e. The molecule has 6 nitrogen and oxygen atoms in total. The number of rotatable bonds is 5. The van der Waals surface area contributed by atoms with E-state index in [-0.39, 0.29) is 27.8 Å². The van der Waals surface area contributed by atoms with E-state index in [4.69, 9.17) is 20.8 Å². The molecular weight excluding hydrogens is 414 g/mol. The van der Waals surface area contributed by atoms with Gasteiger partial charge in [0, 0.05) is 5.39 Å². The Morgan fingerprint density at radius 1 is 1.07 bits per heavy atom. The fourth-order valence-corrected chi connectivity index (χ4v) is 4.84. The highest BCUT2D eigenvalue weighted by atomic mass is 35.5. The molecule has 1 N–H and O–H groups in total. The number of anilines is 1. The second-order valence-electron chi connectivity index (χ2n) is 6.90. The number of sulfonamides is 1. The van der Waals surface area contributed by atoms with Gasteiger partial charge in [0.2, 0.25) is 0 Å². The Morgan fingerprint density at radius 3 is 2.38 bits per heavy atom. The molecule has 0 unspecified atom stereocenters. The zero-order valence-electron chi connectivity index (χ0n) is 16.8. The lowest BCUT2D eigenvalue weighted by Gasteiger charge is -2.13. The number of carbonyl (C=O) groups is 1. The molecule has 154 valence electrons. The first-order chi connectivity index (χ1) is 13.5. The minimum atomic E-state index is -3.86. The molecular formula is C21H22ClNO5S. The lowest BCUT2D eigenvalue weighted by Crippen LogP contribution is -2.15. The molecule has 2 aromatic carbocycles. The molecule has 1 heterocycles. The molecule has 0 amide bonds. The first-order valence-electron chi connectivity index (χ1n) is 9.05. The summed E-state index contributed by atoms with van der Waals surface area (Å²) < 4.78 is 39.2. The van der Waals surface area contributed by atoms with Gasteiger partial charge in [-0.1, -0.05) is 17.7 Å². The lowest BCUT2D eigenvalue weighted by atomic mass is 10.1. The molecule has 0 saturated carbocycles. The van der Waals surface area contributed by atoms with E-state index in [1.54, 1.807) is 26.8 Å². The maximum atomic E-state index is 13.0. The molecule has 0 aliphatic carbocycles. The zero-order valence-corrected chi connectivity index (χ0v) is 18.4. The van der Waals surface area contributed by atoms with Gasteiger partial charge < -0.3 is 9.15 Å². The van der Waals surface area contributed by atoms with Crippen molar-refractivity contribution in [2.75, 3.05) is 11.3 Å². The number of ether oxygens (including phenoxy) is 1. The van der Waals surface area contributed by atoms with Crippen LogP contribution in [0.3, 0.4) is 0 Å². The number of halogens is 1. The van der Waals surface area contributed by atoms with Crippen LogP contribution in [0.5, 0.6) is 0 Å². The maximum absolute atomic E-state index is 13.0. The third kappa shape index (κ3) is 3.97. The van der Waals surface area contributed by atoms with E-state index in [0.717, 1.165) is 11.1 Å². The summed E-state index contributed by atoms with van der Waals surface area (Å²) in [7, 11) is -3.86. The van der Waals surface area contributed by atoms with Gasteiger partial charge in [0.25, 0.3) is 10.0 Å². The fraction of sp³-hybridized carbons (Fsp3) is 0.286. The van der Waals surface area contributed by atoms with Crippen LogP contribution in [0.1, 0.15) is 39.7 Å². The summed E-state index contributed by atoms with van der Waals surface area (Å²) in [6, 6.07) is 6.45. The summed E-state index contributed by atoms with van der Waals surface area (Å²) in [4.78, 5) is 12.5. The van der Waals surface area contributed by atoms with Crippen LogP contribution in [0.15, 0.2) is 33.6 Å². The number of esters is 1. The Balaban J connectivity index is 2.10. The molecule has 0 saturated heterocycles. The molecule has 8 heteroatoms. The number of furan rings is 1. The van der Waals surface area contributed by atoms with Crippen LogP contribution in [-0.4, -0.2) is 21.0 Å². The molecule has 0 aliphatic rings. The summed E-state index contributed by atoms with van der Waals surface area (Å²) in [5, 5.41) is 0.582. The average molecular weight is 436 g/mol. The highest BCUT2D eigenvalue weighted by molar-refractivity contribution is 7.92. The molecule has 1 aromatic heterocycles. The molecule has 0 spiro atoms. The predicted molar refractivity (Wildman–Crippen MR) is 113 cm³/mol. The van der Waals surface area contributed by atoms with Crippen LogP contribution >= 0.6 is 11.6 Å². The molecule has 29 heavy (non-hydrogen) atoms. The normalized spacial score (nSPS) is 11.7. The van der Waals surface area contributed by atoms with Gasteiger partial charge in [0.1, 0.15) is 11.3 Å². The van der Waals surface area contributed by atoms with Crippen LogP contribution < -0.4 is 4.72 Å². The van der Waals surface area contributed by atoms with Gasteiger partial charge in [-0.05, 0) is 69.5 Å². The van der Waals surface area contributed by atoms with Crippen molar-refractivity contribution in [2.24, 2.45) is 0 Å². The van der Waals surface area contributed by atoms with E-state index in [9.17, 15) is 13.2 Å². The molecule has 3 aromatic rings. The third-order valence-corrected chi connectivity index (χ3v) is 6.54. The summed E-state index contributed by atoms with van der Waals surface area (Å²) in [5.41, 5.74) is 3.29. The predicted octanol–water partition coefficient (Wildman–Crippen LogP) is 5.30. The maximum Gasteiger partial charge on any atom is 0.342 e. The quantitative estimate of drug-likeness (QED) is 0.550. The number of aryl methyl sites for hydroxylation is 4. The Labute approximate surface area is 174 Å². The van der Waals surface area contributed by atoms with Crippen molar-refractivity contribution < 1.29 is 22.4 Å². The number of hydrogen-bond donors (Lipinski definition) is 1. The highest BCUT2D eigenvalue weighted by Crippen LogP contribution is 2.35. The van der Waals surface area contributed by atoms with Gasteiger partial charge in [-0.3, -0.25) is 4.72 Å². The summed E-state index contributed by atoms with van der Waals surface area (Å²) in [6.07, 6.45) is 0. The van der Waals surface area contributed by atoms with Crippen molar-refractivity contribution in [1.29, 1.82) is 0 Å². The molecule has 0 aliphatic heterocycles. The molecule has 0 bridgehead atoms. The Bertz CT molecular complexity index is 1230. The third-order valence-electron chi connectivity index (χ3n) is 4.73.